The predicted octanol–water partition coefficient (Wildman–Crippen LogP) is 4.02. The van der Waals surface area contributed by atoms with Crippen molar-refractivity contribution in [1.29, 1.82) is 0 Å². The van der Waals surface area contributed by atoms with E-state index in [1.54, 1.807) is 6.20 Å². The van der Waals surface area contributed by atoms with Crippen LogP contribution in [0.1, 0.15) is 5.56 Å². The van der Waals surface area contributed by atoms with Crippen molar-refractivity contribution in [2.45, 2.75) is 6.92 Å². The average Bonchev–Trinajstić information content (AvgIpc) is 2.51. The summed E-state index contributed by atoms with van der Waals surface area (Å²) in [5.74, 6) is 0. The molecule has 0 bridgehead atoms. The molecule has 1 heterocycles. The number of aromatic amines is 1. The maximum absolute atomic E-state index is 11.4. The molecule has 1 N–H and O–H groups in total. The minimum absolute atomic E-state index is 0.0327. The first kappa shape index (κ1) is 12.4. The van der Waals surface area contributed by atoms with Gasteiger partial charge >= 0.3 is 0 Å². The van der Waals surface area contributed by atoms with E-state index in [1.165, 1.54) is 11.1 Å². The lowest BCUT2D eigenvalue weighted by Crippen LogP contribution is -2.07. The molecule has 3 aromatic rings. The van der Waals surface area contributed by atoms with Crippen LogP contribution in [0.3, 0.4) is 0 Å². The van der Waals surface area contributed by atoms with Gasteiger partial charge in [-0.3, -0.25) is 4.79 Å². The van der Waals surface area contributed by atoms with Crippen molar-refractivity contribution >= 4 is 0 Å². The Hall–Kier alpha value is -2.61. The third-order valence-corrected chi connectivity index (χ3v) is 3.41. The molecule has 0 aliphatic heterocycles. The van der Waals surface area contributed by atoms with Crippen LogP contribution in [-0.4, -0.2) is 4.98 Å². The molecule has 0 aliphatic carbocycles. The molecule has 0 spiro atoms. The Labute approximate surface area is 117 Å². The van der Waals surface area contributed by atoms with Crippen molar-refractivity contribution in [1.82, 2.24) is 4.98 Å². The number of aryl methyl sites for hydroxylation is 1. The molecule has 2 nitrogen and oxygen atoms in total. The summed E-state index contributed by atoms with van der Waals surface area (Å²) in [6.45, 7) is 1.82. The maximum Gasteiger partial charge on any atom is 0.250 e. The molecule has 2 aromatic carbocycles. The second-order valence-electron chi connectivity index (χ2n) is 4.84. The Morgan fingerprint density at radius 2 is 1.30 bits per heavy atom. The molecule has 0 amide bonds. The van der Waals surface area contributed by atoms with E-state index in [-0.39, 0.29) is 5.56 Å². The van der Waals surface area contributed by atoms with Gasteiger partial charge in [-0.05, 0) is 35.2 Å². The van der Waals surface area contributed by atoms with Crippen LogP contribution in [0.2, 0.25) is 0 Å². The highest BCUT2D eigenvalue weighted by Crippen LogP contribution is 2.24. The van der Waals surface area contributed by atoms with E-state index in [0.717, 1.165) is 16.7 Å². The van der Waals surface area contributed by atoms with Gasteiger partial charge in [-0.15, -0.1) is 0 Å². The number of rotatable bonds is 2. The number of nitrogens with one attached hydrogen (secondary N) is 1. The molecular weight excluding hydrogens is 246 g/mol. The Morgan fingerprint density at radius 1 is 0.750 bits per heavy atom. The van der Waals surface area contributed by atoms with Gasteiger partial charge in [-0.2, -0.15) is 0 Å². The van der Waals surface area contributed by atoms with Crippen molar-refractivity contribution < 1.29 is 0 Å². The quantitative estimate of drug-likeness (QED) is 0.742. The predicted molar refractivity (Wildman–Crippen MR) is 82.7 cm³/mol. The highest BCUT2D eigenvalue weighted by atomic mass is 16.1. The fourth-order valence-corrected chi connectivity index (χ4v) is 2.25. The second-order valence-corrected chi connectivity index (χ2v) is 4.84. The zero-order valence-electron chi connectivity index (χ0n) is 11.3. The number of hydrogen-bond acceptors (Lipinski definition) is 1. The lowest BCUT2D eigenvalue weighted by Gasteiger charge is -2.05. The molecule has 0 radical (unpaired) electrons. The van der Waals surface area contributed by atoms with Crippen molar-refractivity contribution in [2.24, 2.45) is 0 Å². The zero-order valence-corrected chi connectivity index (χ0v) is 11.3. The topological polar surface area (TPSA) is 32.9 Å². The first-order valence-electron chi connectivity index (χ1n) is 6.59. The lowest BCUT2D eigenvalue weighted by molar-refractivity contribution is 1.18. The normalized spacial score (nSPS) is 10.4. The molecule has 0 unspecified atom stereocenters. The van der Waals surface area contributed by atoms with E-state index in [1.807, 2.05) is 31.2 Å². The molecule has 0 fully saturated rings. The number of hydrogen-bond donors (Lipinski definition) is 1. The summed E-state index contributed by atoms with van der Waals surface area (Å²) in [5, 5.41) is 0. The van der Waals surface area contributed by atoms with Gasteiger partial charge in [0.05, 0.1) is 0 Å². The van der Waals surface area contributed by atoms with Crippen LogP contribution >= 0.6 is 0 Å². The van der Waals surface area contributed by atoms with Crippen LogP contribution < -0.4 is 5.56 Å². The molecule has 0 atom stereocenters. The number of pyridine rings is 1. The van der Waals surface area contributed by atoms with Gasteiger partial charge in [0.2, 0.25) is 0 Å². The van der Waals surface area contributed by atoms with Crippen molar-refractivity contribution in [3.63, 3.8) is 0 Å². The fourth-order valence-electron chi connectivity index (χ4n) is 2.25. The summed E-state index contributed by atoms with van der Waals surface area (Å²) in [6, 6.07) is 20.6. The lowest BCUT2D eigenvalue weighted by atomic mass is 10.0. The molecule has 2 heteroatoms. The average molecular weight is 261 g/mol. The maximum atomic E-state index is 11.4. The minimum Gasteiger partial charge on any atom is -0.328 e. The van der Waals surface area contributed by atoms with E-state index < -0.39 is 0 Å². The van der Waals surface area contributed by atoms with Gasteiger partial charge in [-0.1, -0.05) is 54.6 Å². The third kappa shape index (κ3) is 2.41. The van der Waals surface area contributed by atoms with Gasteiger partial charge in [0.1, 0.15) is 0 Å². The number of aromatic nitrogens is 1. The van der Waals surface area contributed by atoms with E-state index in [2.05, 4.69) is 41.4 Å². The second kappa shape index (κ2) is 5.17. The molecule has 1 aromatic heterocycles. The standard InChI is InChI=1S/C18H15NO/c1-13-11-17(12-19-18(13)20)16-9-7-15(8-10-16)14-5-3-2-4-6-14/h2-12H,1H3,(H,19,20). The molecule has 3 rings (SSSR count). The SMILES string of the molecule is Cc1cc(-c2ccc(-c3ccccc3)cc2)c[nH]c1=O. The summed E-state index contributed by atoms with van der Waals surface area (Å²) in [5.41, 5.74) is 5.22. The van der Waals surface area contributed by atoms with Gasteiger partial charge in [0.25, 0.3) is 5.56 Å². The van der Waals surface area contributed by atoms with E-state index in [9.17, 15) is 4.79 Å². The van der Waals surface area contributed by atoms with Gasteiger partial charge < -0.3 is 4.98 Å². The third-order valence-electron chi connectivity index (χ3n) is 3.41. The van der Waals surface area contributed by atoms with E-state index >= 15 is 0 Å². The van der Waals surface area contributed by atoms with E-state index in [4.69, 9.17) is 0 Å². The highest BCUT2D eigenvalue weighted by molar-refractivity contribution is 5.70. The zero-order chi connectivity index (χ0) is 13.9. The highest BCUT2D eigenvalue weighted by Gasteiger charge is 2.01. The monoisotopic (exact) mass is 261 g/mol. The Bertz CT molecular complexity index is 771. The van der Waals surface area contributed by atoms with E-state index in [0.29, 0.717) is 0 Å². The number of benzene rings is 2. The first-order valence-corrected chi connectivity index (χ1v) is 6.59. The van der Waals surface area contributed by atoms with Gasteiger partial charge in [0, 0.05) is 11.8 Å². The van der Waals surface area contributed by atoms with Crippen LogP contribution in [0.5, 0.6) is 0 Å². The summed E-state index contributed by atoms with van der Waals surface area (Å²) >= 11 is 0. The Morgan fingerprint density at radius 3 is 1.90 bits per heavy atom. The van der Waals surface area contributed by atoms with Crippen molar-refractivity contribution in [2.75, 3.05) is 0 Å². The van der Waals surface area contributed by atoms with Crippen molar-refractivity contribution in [3.8, 4) is 22.3 Å². The molecule has 0 saturated carbocycles. The number of H-pyrrole nitrogens is 1. The van der Waals surface area contributed by atoms with Crippen LogP contribution in [0.4, 0.5) is 0 Å². The van der Waals surface area contributed by atoms with Crippen molar-refractivity contribution in [3.05, 3.63) is 82.8 Å². The molecular formula is C18H15NO. The van der Waals surface area contributed by atoms with Crippen LogP contribution in [-0.2, 0) is 0 Å². The Balaban J connectivity index is 1.97. The van der Waals surface area contributed by atoms with Crippen LogP contribution in [0.25, 0.3) is 22.3 Å². The molecule has 0 aliphatic rings. The first-order chi connectivity index (χ1) is 9.74. The smallest absolute Gasteiger partial charge is 0.250 e. The summed E-state index contributed by atoms with van der Waals surface area (Å²) in [4.78, 5) is 14.1. The Kier molecular flexibility index (Phi) is 3.21. The van der Waals surface area contributed by atoms with Gasteiger partial charge in [0.15, 0.2) is 0 Å². The largest absolute Gasteiger partial charge is 0.328 e. The van der Waals surface area contributed by atoms with Crippen LogP contribution in [0.15, 0.2) is 71.7 Å². The molecule has 20 heavy (non-hydrogen) atoms. The summed E-state index contributed by atoms with van der Waals surface area (Å²) < 4.78 is 0. The summed E-state index contributed by atoms with van der Waals surface area (Å²) in [7, 11) is 0. The molecule has 98 valence electrons. The summed E-state index contributed by atoms with van der Waals surface area (Å²) in [6.07, 6.45) is 1.76. The minimum atomic E-state index is -0.0327. The molecule has 0 saturated heterocycles. The van der Waals surface area contributed by atoms with Gasteiger partial charge in [-0.25, -0.2) is 0 Å². The fraction of sp³-hybridized carbons (Fsp3) is 0.0556. The van der Waals surface area contributed by atoms with Crippen LogP contribution in [0, 0.1) is 6.92 Å².